The number of ether oxygens (including phenoxy) is 1. The van der Waals surface area contributed by atoms with Gasteiger partial charge in [-0.2, -0.15) is 5.26 Å². The molecule has 1 amide bonds. The fraction of sp³-hybridized carbons (Fsp3) is 0.333. The molecule has 0 radical (unpaired) electrons. The van der Waals surface area contributed by atoms with E-state index >= 15 is 0 Å². The second kappa shape index (κ2) is 6.54. The van der Waals surface area contributed by atoms with E-state index in [1.165, 1.54) is 12.1 Å². The Bertz CT molecular complexity index is 868. The highest BCUT2D eigenvalue weighted by molar-refractivity contribution is 5.83. The third-order valence-electron chi connectivity index (χ3n) is 5.38. The van der Waals surface area contributed by atoms with Crippen molar-refractivity contribution in [1.29, 1.82) is 5.26 Å². The minimum absolute atomic E-state index is 0.00522. The summed E-state index contributed by atoms with van der Waals surface area (Å²) in [6.45, 7) is 1.04. The first-order chi connectivity index (χ1) is 12.6. The van der Waals surface area contributed by atoms with Gasteiger partial charge >= 0.3 is 0 Å². The third kappa shape index (κ3) is 3.09. The molecule has 2 aromatic carbocycles. The van der Waals surface area contributed by atoms with Crippen LogP contribution in [-0.4, -0.2) is 19.1 Å². The number of halogens is 1. The summed E-state index contributed by atoms with van der Waals surface area (Å²) in [7, 11) is 0. The number of nitrogens with one attached hydrogen (secondary N) is 1. The van der Waals surface area contributed by atoms with Gasteiger partial charge in [-0.05, 0) is 47.7 Å². The molecule has 2 aliphatic rings. The average molecular weight is 350 g/mol. The van der Waals surface area contributed by atoms with Crippen LogP contribution >= 0.6 is 0 Å². The predicted octanol–water partition coefficient (Wildman–Crippen LogP) is 3.23. The normalized spacial score (nSPS) is 26.5. The second-order valence-corrected chi connectivity index (χ2v) is 7.00. The van der Waals surface area contributed by atoms with Crippen LogP contribution in [0.1, 0.15) is 35.4 Å². The van der Waals surface area contributed by atoms with Gasteiger partial charge in [0.2, 0.25) is 5.91 Å². The van der Waals surface area contributed by atoms with Gasteiger partial charge in [0.1, 0.15) is 11.4 Å². The van der Waals surface area contributed by atoms with E-state index in [2.05, 4.69) is 11.4 Å². The quantitative estimate of drug-likeness (QED) is 0.900. The lowest BCUT2D eigenvalue weighted by Gasteiger charge is -2.42. The molecular weight excluding hydrogens is 331 g/mol. The molecule has 5 heteroatoms. The Hall–Kier alpha value is -2.71. The molecular formula is C21H19FN2O2. The van der Waals surface area contributed by atoms with Crippen LogP contribution < -0.4 is 5.32 Å². The SMILES string of the molecule is N#Cc1cccc([C@]2(CNC(=O)[C@H]3C[C@@H]3c3ccc(F)cc3)CCO2)c1. The molecule has 4 rings (SSSR count). The molecule has 132 valence electrons. The van der Waals surface area contributed by atoms with E-state index in [0.717, 1.165) is 24.0 Å². The average Bonchev–Trinajstić information content (AvgIpc) is 3.42. The van der Waals surface area contributed by atoms with Crippen LogP contribution in [0.4, 0.5) is 4.39 Å². The van der Waals surface area contributed by atoms with Crippen LogP contribution in [-0.2, 0) is 15.1 Å². The Morgan fingerprint density at radius 2 is 2.08 bits per heavy atom. The predicted molar refractivity (Wildman–Crippen MR) is 93.7 cm³/mol. The smallest absolute Gasteiger partial charge is 0.223 e. The minimum Gasteiger partial charge on any atom is -0.368 e. The van der Waals surface area contributed by atoms with Crippen LogP contribution in [0.5, 0.6) is 0 Å². The molecule has 2 aromatic rings. The number of nitrogens with zero attached hydrogens (tertiary/aromatic N) is 1. The van der Waals surface area contributed by atoms with Crippen molar-refractivity contribution in [2.45, 2.75) is 24.4 Å². The molecule has 0 bridgehead atoms. The summed E-state index contributed by atoms with van der Waals surface area (Å²) in [5.41, 5.74) is 1.97. The van der Waals surface area contributed by atoms with E-state index in [1.54, 1.807) is 18.2 Å². The van der Waals surface area contributed by atoms with Crippen molar-refractivity contribution in [3.05, 3.63) is 71.0 Å². The van der Waals surface area contributed by atoms with Gasteiger partial charge in [0.15, 0.2) is 0 Å². The molecule has 1 saturated carbocycles. The lowest BCUT2D eigenvalue weighted by atomic mass is 9.85. The highest BCUT2D eigenvalue weighted by Crippen LogP contribution is 2.47. The first-order valence-corrected chi connectivity index (χ1v) is 8.79. The van der Waals surface area contributed by atoms with Crippen LogP contribution in [0.25, 0.3) is 0 Å². The van der Waals surface area contributed by atoms with E-state index in [4.69, 9.17) is 10.00 Å². The first kappa shape index (κ1) is 16.7. The molecule has 3 atom stereocenters. The number of nitriles is 1. The largest absolute Gasteiger partial charge is 0.368 e. The van der Waals surface area contributed by atoms with E-state index in [9.17, 15) is 9.18 Å². The Balaban J connectivity index is 1.39. The van der Waals surface area contributed by atoms with Crippen molar-refractivity contribution in [1.82, 2.24) is 5.32 Å². The molecule has 1 aliphatic carbocycles. The molecule has 1 N–H and O–H groups in total. The van der Waals surface area contributed by atoms with Gasteiger partial charge in [0.25, 0.3) is 0 Å². The summed E-state index contributed by atoms with van der Waals surface area (Å²) in [5, 5.41) is 12.1. The zero-order chi connectivity index (χ0) is 18.1. The summed E-state index contributed by atoms with van der Waals surface area (Å²) >= 11 is 0. The van der Waals surface area contributed by atoms with Gasteiger partial charge in [-0.25, -0.2) is 4.39 Å². The fourth-order valence-electron chi connectivity index (χ4n) is 3.61. The molecule has 1 saturated heterocycles. The van der Waals surface area contributed by atoms with Crippen molar-refractivity contribution >= 4 is 5.91 Å². The number of benzene rings is 2. The second-order valence-electron chi connectivity index (χ2n) is 7.00. The highest BCUT2D eigenvalue weighted by Gasteiger charge is 2.46. The Morgan fingerprint density at radius 1 is 1.31 bits per heavy atom. The first-order valence-electron chi connectivity index (χ1n) is 8.79. The molecule has 0 unspecified atom stereocenters. The summed E-state index contributed by atoms with van der Waals surface area (Å²) in [4.78, 5) is 12.5. The van der Waals surface area contributed by atoms with Gasteiger partial charge in [-0.3, -0.25) is 4.79 Å². The van der Waals surface area contributed by atoms with Gasteiger partial charge in [-0.15, -0.1) is 0 Å². The lowest BCUT2D eigenvalue weighted by molar-refractivity contribution is -0.155. The Kier molecular flexibility index (Phi) is 4.21. The maximum atomic E-state index is 13.0. The van der Waals surface area contributed by atoms with Crippen molar-refractivity contribution in [3.8, 4) is 6.07 Å². The Morgan fingerprint density at radius 3 is 2.73 bits per heavy atom. The molecule has 4 nitrogen and oxygen atoms in total. The summed E-state index contributed by atoms with van der Waals surface area (Å²) in [5.74, 6) is -0.163. The fourth-order valence-corrected chi connectivity index (χ4v) is 3.61. The number of amides is 1. The van der Waals surface area contributed by atoms with Crippen LogP contribution in [0.3, 0.4) is 0 Å². The maximum Gasteiger partial charge on any atom is 0.223 e. The van der Waals surface area contributed by atoms with E-state index < -0.39 is 5.60 Å². The number of rotatable bonds is 5. The van der Waals surface area contributed by atoms with E-state index in [-0.39, 0.29) is 23.6 Å². The van der Waals surface area contributed by atoms with E-state index in [0.29, 0.717) is 18.7 Å². The third-order valence-corrected chi connectivity index (χ3v) is 5.38. The van der Waals surface area contributed by atoms with Crippen LogP contribution in [0, 0.1) is 23.1 Å². The maximum absolute atomic E-state index is 13.0. The molecule has 26 heavy (non-hydrogen) atoms. The summed E-state index contributed by atoms with van der Waals surface area (Å²) in [6, 6.07) is 15.9. The lowest BCUT2D eigenvalue weighted by Crippen LogP contribution is -2.50. The summed E-state index contributed by atoms with van der Waals surface area (Å²) < 4.78 is 18.8. The van der Waals surface area contributed by atoms with Crippen LogP contribution in [0.2, 0.25) is 0 Å². The standard InChI is InChI=1S/C21H19FN2O2/c22-17-6-4-15(5-7-17)18-11-19(18)20(25)24-13-21(8-9-26-21)16-3-1-2-14(10-16)12-23/h1-7,10,18-19H,8-9,11,13H2,(H,24,25)/t18-,19+,21-/m1/s1. The number of carbonyl (C=O) groups excluding carboxylic acids is 1. The molecule has 0 aromatic heterocycles. The van der Waals surface area contributed by atoms with Gasteiger partial charge in [0, 0.05) is 12.3 Å². The summed E-state index contributed by atoms with van der Waals surface area (Å²) in [6.07, 6.45) is 1.60. The highest BCUT2D eigenvalue weighted by atomic mass is 19.1. The molecule has 1 heterocycles. The zero-order valence-electron chi connectivity index (χ0n) is 14.2. The number of hydrogen-bond donors (Lipinski definition) is 1. The number of hydrogen-bond acceptors (Lipinski definition) is 3. The minimum atomic E-state index is -0.539. The monoisotopic (exact) mass is 350 g/mol. The Labute approximate surface area is 151 Å². The van der Waals surface area contributed by atoms with Crippen molar-refractivity contribution in [2.75, 3.05) is 13.2 Å². The topological polar surface area (TPSA) is 62.1 Å². The molecule has 0 spiro atoms. The number of carbonyl (C=O) groups is 1. The van der Waals surface area contributed by atoms with Gasteiger partial charge in [-0.1, -0.05) is 24.3 Å². The van der Waals surface area contributed by atoms with Crippen LogP contribution in [0.15, 0.2) is 48.5 Å². The zero-order valence-corrected chi connectivity index (χ0v) is 14.2. The van der Waals surface area contributed by atoms with Gasteiger partial charge in [0.05, 0.1) is 24.8 Å². The molecule has 2 fully saturated rings. The van der Waals surface area contributed by atoms with Crippen molar-refractivity contribution in [3.63, 3.8) is 0 Å². The van der Waals surface area contributed by atoms with Crippen molar-refractivity contribution in [2.24, 2.45) is 5.92 Å². The van der Waals surface area contributed by atoms with Gasteiger partial charge < -0.3 is 10.1 Å². The van der Waals surface area contributed by atoms with Crippen molar-refractivity contribution < 1.29 is 13.9 Å². The molecule has 1 aliphatic heterocycles. The van der Waals surface area contributed by atoms with E-state index in [1.807, 2.05) is 18.2 Å².